The molecule has 4 heterocycles. The fraction of sp³-hybridized carbons (Fsp3) is 0.522. The van der Waals surface area contributed by atoms with E-state index < -0.39 is 0 Å². The molecule has 1 atom stereocenters. The van der Waals surface area contributed by atoms with Gasteiger partial charge in [-0.25, -0.2) is 4.68 Å². The number of hydrogen-bond donors (Lipinski definition) is 0. The van der Waals surface area contributed by atoms with Crippen LogP contribution in [0.4, 0.5) is 0 Å². The van der Waals surface area contributed by atoms with Gasteiger partial charge in [-0.15, -0.1) is 16.4 Å². The first kappa shape index (κ1) is 21.4. The van der Waals surface area contributed by atoms with E-state index >= 15 is 0 Å². The van der Waals surface area contributed by atoms with Gasteiger partial charge in [0.25, 0.3) is 0 Å². The zero-order chi connectivity index (χ0) is 21.9. The van der Waals surface area contributed by atoms with Crippen LogP contribution in [0.25, 0.3) is 0 Å². The summed E-state index contributed by atoms with van der Waals surface area (Å²) in [6, 6.07) is 10.7. The number of hydrogen-bond acceptors (Lipinski definition) is 8. The summed E-state index contributed by atoms with van der Waals surface area (Å²) in [5.74, 6) is 3.25. The largest absolute Gasteiger partial charge is 0.454 e. The smallest absolute Gasteiger partial charge is 0.231 e. The average molecular weight is 455 g/mol. The second-order valence-corrected chi connectivity index (χ2v) is 9.95. The molecule has 3 aromatic rings. The third-order valence-corrected chi connectivity index (χ3v) is 6.99. The van der Waals surface area contributed by atoms with Gasteiger partial charge in [-0.2, -0.15) is 0 Å². The molecule has 0 amide bonds. The van der Waals surface area contributed by atoms with Crippen LogP contribution in [0.5, 0.6) is 11.5 Å². The number of rotatable bonds is 8. The standard InChI is InChI=1S/C23H30N6O2S/c1-17(2)12-20(23-24-25-26-29(23)15-19-4-3-11-32-19)28-9-7-27(8-10-28)14-18-5-6-21-22(13-18)31-16-30-21/h3-6,11,13,17,20H,7-10,12,14-16H2,1-2H3. The second kappa shape index (κ2) is 9.56. The SMILES string of the molecule is CC(C)CC(c1nnnn1Cc1cccs1)N1CCN(Cc2ccc3c(c2)OCO3)CC1. The Kier molecular flexibility index (Phi) is 6.38. The van der Waals surface area contributed by atoms with Crippen molar-refractivity contribution in [2.75, 3.05) is 33.0 Å². The van der Waals surface area contributed by atoms with Crippen LogP contribution in [-0.4, -0.2) is 63.0 Å². The zero-order valence-electron chi connectivity index (χ0n) is 18.7. The third-order valence-electron chi connectivity index (χ3n) is 6.13. The van der Waals surface area contributed by atoms with Crippen molar-refractivity contribution in [2.24, 2.45) is 5.92 Å². The Morgan fingerprint density at radius 3 is 2.66 bits per heavy atom. The number of tetrazole rings is 1. The molecule has 1 aromatic carbocycles. The minimum absolute atomic E-state index is 0.234. The van der Waals surface area contributed by atoms with Crippen LogP contribution in [0.15, 0.2) is 35.7 Å². The van der Waals surface area contributed by atoms with E-state index in [4.69, 9.17) is 9.47 Å². The topological polar surface area (TPSA) is 68.5 Å². The van der Waals surface area contributed by atoms with Gasteiger partial charge in [0.1, 0.15) is 0 Å². The predicted octanol–water partition coefficient (Wildman–Crippen LogP) is 3.42. The molecule has 2 aliphatic rings. The van der Waals surface area contributed by atoms with Gasteiger partial charge >= 0.3 is 0 Å². The van der Waals surface area contributed by atoms with E-state index in [2.05, 4.69) is 68.8 Å². The highest BCUT2D eigenvalue weighted by Gasteiger charge is 2.30. The Morgan fingerprint density at radius 1 is 1.03 bits per heavy atom. The van der Waals surface area contributed by atoms with Gasteiger partial charge in [0.05, 0.1) is 12.6 Å². The molecule has 1 fully saturated rings. The first-order chi connectivity index (χ1) is 15.7. The van der Waals surface area contributed by atoms with Gasteiger partial charge in [-0.1, -0.05) is 26.0 Å². The third kappa shape index (κ3) is 4.79. The van der Waals surface area contributed by atoms with Gasteiger partial charge in [0.15, 0.2) is 17.3 Å². The van der Waals surface area contributed by atoms with Crippen molar-refractivity contribution in [3.63, 3.8) is 0 Å². The molecule has 2 aromatic heterocycles. The van der Waals surface area contributed by atoms with E-state index in [1.165, 1.54) is 10.4 Å². The monoisotopic (exact) mass is 454 g/mol. The van der Waals surface area contributed by atoms with E-state index in [-0.39, 0.29) is 6.04 Å². The van der Waals surface area contributed by atoms with Crippen molar-refractivity contribution in [3.8, 4) is 11.5 Å². The Morgan fingerprint density at radius 2 is 1.88 bits per heavy atom. The fourth-order valence-corrected chi connectivity index (χ4v) is 5.19. The van der Waals surface area contributed by atoms with Gasteiger partial charge in [0, 0.05) is 37.6 Å². The molecule has 0 bridgehead atoms. The molecular formula is C23H30N6O2S. The number of benzene rings is 1. The predicted molar refractivity (Wildman–Crippen MR) is 123 cm³/mol. The van der Waals surface area contributed by atoms with Crippen molar-refractivity contribution >= 4 is 11.3 Å². The maximum absolute atomic E-state index is 5.53. The average Bonchev–Trinajstić information content (AvgIpc) is 3.55. The molecule has 1 unspecified atom stereocenters. The number of ether oxygens (including phenoxy) is 2. The van der Waals surface area contributed by atoms with Crippen LogP contribution in [-0.2, 0) is 13.1 Å². The molecule has 170 valence electrons. The number of fused-ring (bicyclic) bond motifs is 1. The first-order valence-corrected chi connectivity index (χ1v) is 12.2. The van der Waals surface area contributed by atoms with Crippen LogP contribution in [0, 0.1) is 5.92 Å². The molecule has 0 saturated carbocycles. The molecule has 32 heavy (non-hydrogen) atoms. The summed E-state index contributed by atoms with van der Waals surface area (Å²) in [7, 11) is 0. The number of aromatic nitrogens is 4. The van der Waals surface area contributed by atoms with E-state index in [0.29, 0.717) is 12.7 Å². The first-order valence-electron chi connectivity index (χ1n) is 11.3. The summed E-state index contributed by atoms with van der Waals surface area (Å²) in [6.07, 6.45) is 1.05. The lowest BCUT2D eigenvalue weighted by Gasteiger charge is -2.39. The van der Waals surface area contributed by atoms with Crippen LogP contribution in [0.3, 0.4) is 0 Å². The number of thiophene rings is 1. The summed E-state index contributed by atoms with van der Waals surface area (Å²) >= 11 is 1.75. The van der Waals surface area contributed by atoms with Crippen molar-refractivity contribution in [1.29, 1.82) is 0 Å². The summed E-state index contributed by atoms with van der Waals surface area (Å²) in [5, 5.41) is 14.9. The second-order valence-electron chi connectivity index (χ2n) is 8.92. The Bertz CT molecular complexity index is 1010. The lowest BCUT2D eigenvalue weighted by atomic mass is 10.0. The maximum Gasteiger partial charge on any atom is 0.231 e. The zero-order valence-corrected chi connectivity index (χ0v) is 19.5. The summed E-state index contributed by atoms with van der Waals surface area (Å²) in [4.78, 5) is 6.34. The van der Waals surface area contributed by atoms with Crippen LogP contribution < -0.4 is 9.47 Å². The highest BCUT2D eigenvalue weighted by atomic mass is 32.1. The lowest BCUT2D eigenvalue weighted by molar-refractivity contribution is 0.0770. The number of piperazine rings is 1. The summed E-state index contributed by atoms with van der Waals surface area (Å²) < 4.78 is 13.0. The van der Waals surface area contributed by atoms with Crippen LogP contribution in [0.2, 0.25) is 0 Å². The minimum Gasteiger partial charge on any atom is -0.454 e. The normalized spacial score (nSPS) is 17.8. The van der Waals surface area contributed by atoms with Crippen molar-refractivity contribution in [2.45, 2.75) is 39.4 Å². The molecule has 2 aliphatic heterocycles. The molecule has 0 N–H and O–H groups in total. The van der Waals surface area contributed by atoms with Gasteiger partial charge in [0.2, 0.25) is 6.79 Å². The van der Waals surface area contributed by atoms with Crippen molar-refractivity contribution in [1.82, 2.24) is 30.0 Å². The van der Waals surface area contributed by atoms with E-state index in [0.717, 1.165) is 63.0 Å². The van der Waals surface area contributed by atoms with Gasteiger partial charge in [-0.3, -0.25) is 9.80 Å². The molecule has 0 radical (unpaired) electrons. The summed E-state index contributed by atoms with van der Waals surface area (Å²) in [5.41, 5.74) is 1.27. The Hall–Kier alpha value is -2.49. The number of nitrogens with zero attached hydrogens (tertiary/aromatic N) is 6. The van der Waals surface area contributed by atoms with E-state index in [1.54, 1.807) is 11.3 Å². The molecule has 0 spiro atoms. The quantitative estimate of drug-likeness (QED) is 0.517. The van der Waals surface area contributed by atoms with E-state index in [1.807, 2.05) is 10.7 Å². The van der Waals surface area contributed by atoms with Crippen LogP contribution in [0.1, 0.15) is 42.6 Å². The highest BCUT2D eigenvalue weighted by molar-refractivity contribution is 7.09. The van der Waals surface area contributed by atoms with Crippen molar-refractivity contribution in [3.05, 3.63) is 52.0 Å². The lowest BCUT2D eigenvalue weighted by Crippen LogP contribution is -2.48. The molecule has 0 aliphatic carbocycles. The maximum atomic E-state index is 5.53. The summed E-state index contributed by atoms with van der Waals surface area (Å²) in [6.45, 7) is 10.6. The molecule has 9 heteroatoms. The molecule has 5 rings (SSSR count). The Balaban J connectivity index is 1.24. The highest BCUT2D eigenvalue weighted by Crippen LogP contribution is 2.33. The Labute approximate surface area is 192 Å². The molecular weight excluding hydrogens is 424 g/mol. The molecule has 8 nitrogen and oxygen atoms in total. The molecule has 1 saturated heterocycles. The van der Waals surface area contributed by atoms with Gasteiger partial charge < -0.3 is 9.47 Å². The minimum atomic E-state index is 0.234. The van der Waals surface area contributed by atoms with Gasteiger partial charge in [-0.05, 0) is 51.9 Å². The van der Waals surface area contributed by atoms with E-state index in [9.17, 15) is 0 Å². The fourth-order valence-electron chi connectivity index (χ4n) is 4.51. The van der Waals surface area contributed by atoms with Crippen molar-refractivity contribution < 1.29 is 9.47 Å². The van der Waals surface area contributed by atoms with Crippen LogP contribution >= 0.6 is 11.3 Å².